The largest absolute Gasteiger partial charge is 0.480 e. The Hall–Kier alpha value is -1.11. The van der Waals surface area contributed by atoms with Crippen molar-refractivity contribution < 1.29 is 19.1 Å². The maximum absolute atomic E-state index is 11.5. The standard InChI is InChI=1S/C16H24O4SSi/c1-16(2,3)22(4,5)20-10-11-8-6-7-9-12(11)13(14(17)18)15(19)21/h6-9,13H,10H2,1-5H3,(H,17,18)(H,19,21). The number of carbonyl (C=O) groups is 2. The summed E-state index contributed by atoms with van der Waals surface area (Å²) in [6.07, 6.45) is 0. The van der Waals surface area contributed by atoms with Gasteiger partial charge in [0.2, 0.25) is 5.12 Å². The Bertz CT molecular complexity index is 550. The minimum absolute atomic E-state index is 0.0630. The first kappa shape index (κ1) is 18.9. The van der Waals surface area contributed by atoms with Crippen molar-refractivity contribution in [1.82, 2.24) is 0 Å². The molecule has 0 spiro atoms. The van der Waals surface area contributed by atoms with Gasteiger partial charge in [0.25, 0.3) is 0 Å². The number of benzene rings is 1. The third-order valence-corrected chi connectivity index (χ3v) is 8.99. The minimum atomic E-state index is -1.95. The molecule has 0 fully saturated rings. The summed E-state index contributed by atoms with van der Waals surface area (Å²) in [5, 5.41) is 8.67. The predicted octanol–water partition coefficient (Wildman–Crippen LogP) is 3.83. The molecule has 1 N–H and O–H groups in total. The molecule has 0 saturated heterocycles. The lowest BCUT2D eigenvalue weighted by atomic mass is 9.95. The minimum Gasteiger partial charge on any atom is -0.480 e. The Morgan fingerprint density at radius 3 is 2.27 bits per heavy atom. The summed E-state index contributed by atoms with van der Waals surface area (Å²) < 4.78 is 6.14. The molecule has 0 radical (unpaired) electrons. The first-order chi connectivity index (χ1) is 9.97. The first-order valence-corrected chi connectivity index (χ1v) is 10.5. The van der Waals surface area contributed by atoms with Gasteiger partial charge in [-0.3, -0.25) is 9.59 Å². The quantitative estimate of drug-likeness (QED) is 0.469. The van der Waals surface area contributed by atoms with Crippen molar-refractivity contribution in [3.8, 4) is 0 Å². The zero-order valence-corrected chi connectivity index (χ0v) is 15.6. The Balaban J connectivity index is 3.08. The summed E-state index contributed by atoms with van der Waals surface area (Å²) >= 11 is 3.71. The molecule has 0 aliphatic carbocycles. The summed E-state index contributed by atoms with van der Waals surface area (Å²) in [6.45, 7) is 11.0. The summed E-state index contributed by atoms with van der Waals surface area (Å²) in [5.74, 6) is -2.46. The molecule has 0 aromatic heterocycles. The van der Waals surface area contributed by atoms with Crippen molar-refractivity contribution in [2.75, 3.05) is 0 Å². The van der Waals surface area contributed by atoms with Crippen molar-refractivity contribution in [3.63, 3.8) is 0 Å². The molecule has 6 heteroatoms. The highest BCUT2D eigenvalue weighted by atomic mass is 32.1. The Morgan fingerprint density at radius 1 is 1.27 bits per heavy atom. The van der Waals surface area contributed by atoms with Gasteiger partial charge in [-0.1, -0.05) is 45.0 Å². The number of thiol groups is 1. The number of hydrogen-bond donors (Lipinski definition) is 2. The molecule has 122 valence electrons. The molecule has 0 aliphatic rings. The zero-order chi connectivity index (χ0) is 17.1. The molecule has 22 heavy (non-hydrogen) atoms. The maximum atomic E-state index is 11.5. The number of carbonyl (C=O) groups excluding carboxylic acids is 1. The zero-order valence-electron chi connectivity index (χ0n) is 13.7. The fourth-order valence-electron chi connectivity index (χ4n) is 1.79. The molecule has 1 aromatic carbocycles. The molecule has 0 heterocycles. The van der Waals surface area contributed by atoms with Crippen molar-refractivity contribution in [1.29, 1.82) is 0 Å². The van der Waals surface area contributed by atoms with Crippen molar-refractivity contribution in [2.24, 2.45) is 0 Å². The Morgan fingerprint density at radius 2 is 1.82 bits per heavy atom. The lowest BCUT2D eigenvalue weighted by Crippen LogP contribution is -2.40. The van der Waals surface area contributed by atoms with Crippen LogP contribution < -0.4 is 0 Å². The molecule has 0 saturated carbocycles. The van der Waals surface area contributed by atoms with E-state index in [0.29, 0.717) is 12.2 Å². The third kappa shape index (κ3) is 4.44. The van der Waals surface area contributed by atoms with Crippen LogP contribution in [0.25, 0.3) is 0 Å². The molecule has 1 aromatic rings. The summed E-state index contributed by atoms with van der Waals surface area (Å²) in [7, 11) is -1.95. The number of rotatable bonds is 6. The fourth-order valence-corrected chi connectivity index (χ4v) is 2.99. The van der Waals surface area contributed by atoms with Gasteiger partial charge in [-0.15, -0.1) is 12.6 Å². The van der Waals surface area contributed by atoms with Gasteiger partial charge in [-0.2, -0.15) is 0 Å². The Kier molecular flexibility index (Phi) is 6.00. The van der Waals surface area contributed by atoms with Crippen LogP contribution in [-0.2, 0) is 20.6 Å². The highest BCUT2D eigenvalue weighted by molar-refractivity contribution is 7.96. The van der Waals surface area contributed by atoms with Crippen LogP contribution in [0, 0.1) is 0 Å². The van der Waals surface area contributed by atoms with Crippen molar-refractivity contribution >= 4 is 32.0 Å². The van der Waals surface area contributed by atoms with Crippen LogP contribution in [0.3, 0.4) is 0 Å². The highest BCUT2D eigenvalue weighted by Crippen LogP contribution is 2.37. The Labute approximate surface area is 138 Å². The van der Waals surface area contributed by atoms with E-state index in [0.717, 1.165) is 5.56 Å². The van der Waals surface area contributed by atoms with Crippen molar-refractivity contribution in [2.45, 2.75) is 51.4 Å². The molecule has 1 atom stereocenters. The van der Waals surface area contributed by atoms with Crippen LogP contribution in [-0.4, -0.2) is 24.5 Å². The fraction of sp³-hybridized carbons (Fsp3) is 0.500. The first-order valence-electron chi connectivity index (χ1n) is 7.15. The van der Waals surface area contributed by atoms with Crippen LogP contribution in [0.1, 0.15) is 37.8 Å². The van der Waals surface area contributed by atoms with Crippen LogP contribution in [0.2, 0.25) is 18.1 Å². The van der Waals surface area contributed by atoms with E-state index in [2.05, 4.69) is 46.5 Å². The van der Waals surface area contributed by atoms with Gasteiger partial charge < -0.3 is 9.53 Å². The second kappa shape index (κ2) is 6.98. The maximum Gasteiger partial charge on any atom is 0.319 e. The number of aliphatic carboxylic acids is 1. The van der Waals surface area contributed by atoms with E-state index < -0.39 is 25.3 Å². The average molecular weight is 341 g/mol. The van der Waals surface area contributed by atoms with Crippen LogP contribution in [0.4, 0.5) is 0 Å². The highest BCUT2D eigenvalue weighted by Gasteiger charge is 2.37. The molecule has 0 aliphatic heterocycles. The molecule has 4 nitrogen and oxygen atoms in total. The van der Waals surface area contributed by atoms with E-state index in [4.69, 9.17) is 4.43 Å². The van der Waals surface area contributed by atoms with E-state index in [1.807, 2.05) is 6.07 Å². The van der Waals surface area contributed by atoms with Crippen molar-refractivity contribution in [3.05, 3.63) is 35.4 Å². The lowest BCUT2D eigenvalue weighted by molar-refractivity contribution is -0.140. The van der Waals surface area contributed by atoms with E-state index in [-0.39, 0.29) is 5.04 Å². The molecule has 1 unspecified atom stereocenters. The molecular formula is C16H24O4SSi. The predicted molar refractivity (Wildman–Crippen MR) is 92.8 cm³/mol. The van der Waals surface area contributed by atoms with Crippen LogP contribution >= 0.6 is 12.6 Å². The molecule has 0 amide bonds. The smallest absolute Gasteiger partial charge is 0.319 e. The summed E-state index contributed by atoms with van der Waals surface area (Å²) in [4.78, 5) is 22.9. The van der Waals surface area contributed by atoms with Gasteiger partial charge in [0, 0.05) is 0 Å². The normalized spacial score (nSPS) is 13.7. The molecule has 0 bridgehead atoms. The van der Waals surface area contributed by atoms with Crippen LogP contribution in [0.15, 0.2) is 24.3 Å². The monoisotopic (exact) mass is 340 g/mol. The van der Waals surface area contributed by atoms with Gasteiger partial charge in [0.1, 0.15) is 0 Å². The average Bonchev–Trinajstić information content (AvgIpc) is 2.35. The number of carboxylic acids is 1. The summed E-state index contributed by atoms with van der Waals surface area (Å²) in [6, 6.07) is 6.99. The van der Waals surface area contributed by atoms with Gasteiger partial charge >= 0.3 is 5.97 Å². The number of carboxylic acid groups (broad SMARTS) is 1. The second-order valence-corrected chi connectivity index (χ2v) is 12.1. The molecule has 1 rings (SSSR count). The van der Waals surface area contributed by atoms with Gasteiger partial charge in [-0.25, -0.2) is 0 Å². The third-order valence-electron chi connectivity index (χ3n) is 4.25. The van der Waals surface area contributed by atoms with E-state index in [1.165, 1.54) is 0 Å². The van der Waals surface area contributed by atoms with Gasteiger partial charge in [0.15, 0.2) is 14.2 Å². The van der Waals surface area contributed by atoms with E-state index >= 15 is 0 Å². The topological polar surface area (TPSA) is 63.6 Å². The number of hydrogen-bond acceptors (Lipinski definition) is 3. The van der Waals surface area contributed by atoms with E-state index in [1.54, 1.807) is 18.2 Å². The molecular weight excluding hydrogens is 316 g/mol. The lowest BCUT2D eigenvalue weighted by Gasteiger charge is -2.36. The second-order valence-electron chi connectivity index (χ2n) is 6.86. The van der Waals surface area contributed by atoms with Gasteiger partial charge in [-0.05, 0) is 29.3 Å². The SMILES string of the molecule is CC(C)(C)[Si](C)(C)OCc1ccccc1C(C(=O)O)C(=O)S. The van der Waals surface area contributed by atoms with Crippen LogP contribution in [0.5, 0.6) is 0 Å². The van der Waals surface area contributed by atoms with Gasteiger partial charge in [0.05, 0.1) is 6.61 Å². The summed E-state index contributed by atoms with van der Waals surface area (Å²) in [5.41, 5.74) is 1.18. The van der Waals surface area contributed by atoms with E-state index in [9.17, 15) is 14.7 Å².